The van der Waals surface area contributed by atoms with Crippen LogP contribution in [0, 0.1) is 34.5 Å². The predicted octanol–water partition coefficient (Wildman–Crippen LogP) is 5.50. The summed E-state index contributed by atoms with van der Waals surface area (Å²) in [6.45, 7) is 12.0. The summed E-state index contributed by atoms with van der Waals surface area (Å²) in [5.41, 5.74) is 0.699. The van der Waals surface area contributed by atoms with Crippen LogP contribution in [-0.4, -0.2) is 60.1 Å². The zero-order valence-corrected chi connectivity index (χ0v) is 21.6. The van der Waals surface area contributed by atoms with Gasteiger partial charge in [-0.25, -0.2) is 0 Å². The van der Waals surface area contributed by atoms with Crippen LogP contribution in [-0.2, 0) is 9.53 Å². The summed E-state index contributed by atoms with van der Waals surface area (Å²) in [5, 5.41) is 0. The SMILES string of the molecule is CC(=O)OC1C(N2CCCC2)CC2C3CCC4CCC(N5CCCC5)CC4(C)C3CCC21C. The fourth-order valence-corrected chi connectivity index (χ4v) is 10.5. The van der Waals surface area contributed by atoms with Crippen LogP contribution in [0.25, 0.3) is 0 Å². The van der Waals surface area contributed by atoms with Gasteiger partial charge in [0.15, 0.2) is 0 Å². The number of carbonyl (C=O) groups excluding carboxylic acids is 1. The zero-order chi connectivity index (χ0) is 22.8. The van der Waals surface area contributed by atoms with Gasteiger partial charge in [-0.2, -0.15) is 0 Å². The molecule has 4 aliphatic carbocycles. The molecule has 2 heterocycles. The first kappa shape index (κ1) is 22.8. The molecular weight excluding hydrogens is 408 g/mol. The number of nitrogens with zero attached hydrogens (tertiary/aromatic N) is 2. The molecule has 186 valence electrons. The van der Waals surface area contributed by atoms with Crippen LogP contribution < -0.4 is 0 Å². The lowest BCUT2D eigenvalue weighted by atomic mass is 9.45. The van der Waals surface area contributed by atoms with E-state index in [4.69, 9.17) is 4.74 Å². The van der Waals surface area contributed by atoms with Crippen molar-refractivity contribution in [3.63, 3.8) is 0 Å². The van der Waals surface area contributed by atoms with Crippen LogP contribution in [0.5, 0.6) is 0 Å². The lowest BCUT2D eigenvalue weighted by Crippen LogP contribution is -2.56. The fourth-order valence-electron chi connectivity index (χ4n) is 10.5. The van der Waals surface area contributed by atoms with Crippen molar-refractivity contribution in [3.05, 3.63) is 0 Å². The molecule has 0 aromatic carbocycles. The molecule has 2 saturated heterocycles. The van der Waals surface area contributed by atoms with E-state index >= 15 is 0 Å². The molecule has 6 aliphatic rings. The van der Waals surface area contributed by atoms with Gasteiger partial charge < -0.3 is 9.64 Å². The molecule has 6 rings (SSSR count). The molecule has 2 aliphatic heterocycles. The second-order valence-corrected chi connectivity index (χ2v) is 13.5. The standard InChI is InChI=1S/C29H48N2O2/c1-20(32)33-27-26(31-16-6-7-17-31)18-25-23-11-9-21-8-10-22(30-14-4-5-15-30)19-29(21,3)24(23)12-13-28(25,27)2/h21-27H,4-19H2,1-3H3. The second-order valence-electron chi connectivity index (χ2n) is 13.5. The summed E-state index contributed by atoms with van der Waals surface area (Å²) in [6, 6.07) is 1.30. The van der Waals surface area contributed by atoms with Crippen LogP contribution in [0.3, 0.4) is 0 Å². The first-order chi connectivity index (χ1) is 15.9. The molecule has 4 saturated carbocycles. The van der Waals surface area contributed by atoms with E-state index in [-0.39, 0.29) is 17.5 Å². The average molecular weight is 457 g/mol. The normalized spacial score (nSPS) is 50.6. The Morgan fingerprint density at radius 2 is 1.48 bits per heavy atom. The van der Waals surface area contributed by atoms with Gasteiger partial charge in [-0.15, -0.1) is 0 Å². The Morgan fingerprint density at radius 1 is 0.818 bits per heavy atom. The number of carbonyl (C=O) groups is 1. The van der Waals surface area contributed by atoms with Gasteiger partial charge in [-0.1, -0.05) is 13.8 Å². The van der Waals surface area contributed by atoms with Gasteiger partial charge in [-0.3, -0.25) is 9.69 Å². The van der Waals surface area contributed by atoms with Crippen molar-refractivity contribution in [2.24, 2.45) is 34.5 Å². The van der Waals surface area contributed by atoms with Gasteiger partial charge in [0.05, 0.1) is 0 Å². The van der Waals surface area contributed by atoms with Crippen LogP contribution in [0.2, 0.25) is 0 Å². The topological polar surface area (TPSA) is 32.8 Å². The van der Waals surface area contributed by atoms with E-state index < -0.39 is 0 Å². The summed E-state index contributed by atoms with van der Waals surface area (Å²) in [6.07, 6.45) is 16.7. The van der Waals surface area contributed by atoms with E-state index in [0.717, 1.165) is 29.7 Å². The van der Waals surface area contributed by atoms with Gasteiger partial charge in [-0.05, 0) is 132 Å². The van der Waals surface area contributed by atoms with Crippen molar-refractivity contribution in [3.8, 4) is 0 Å². The highest BCUT2D eigenvalue weighted by atomic mass is 16.5. The highest BCUT2D eigenvalue weighted by Crippen LogP contribution is 2.67. The lowest BCUT2D eigenvalue weighted by Gasteiger charge is -2.61. The Labute approximate surface area is 202 Å². The average Bonchev–Trinajstić information content (AvgIpc) is 3.54. The Kier molecular flexibility index (Phi) is 5.88. The first-order valence-electron chi connectivity index (χ1n) is 14.6. The summed E-state index contributed by atoms with van der Waals surface area (Å²) in [5.74, 6) is 3.34. The number of fused-ring (bicyclic) bond motifs is 5. The van der Waals surface area contributed by atoms with E-state index in [0.29, 0.717) is 11.5 Å². The minimum atomic E-state index is -0.0652. The van der Waals surface area contributed by atoms with Crippen molar-refractivity contribution < 1.29 is 9.53 Å². The Balaban J connectivity index is 1.27. The third-order valence-corrected chi connectivity index (χ3v) is 12.1. The van der Waals surface area contributed by atoms with E-state index in [9.17, 15) is 4.79 Å². The highest BCUT2D eigenvalue weighted by Gasteiger charge is 2.64. The number of likely N-dealkylation sites (tertiary alicyclic amines) is 2. The number of ether oxygens (including phenoxy) is 1. The molecule has 33 heavy (non-hydrogen) atoms. The molecular formula is C29H48N2O2. The van der Waals surface area contributed by atoms with Crippen LogP contribution in [0.4, 0.5) is 0 Å². The van der Waals surface area contributed by atoms with Crippen LogP contribution in [0.15, 0.2) is 0 Å². The molecule has 0 amide bonds. The molecule has 0 aromatic rings. The molecule has 0 spiro atoms. The van der Waals surface area contributed by atoms with E-state index in [1.807, 2.05) is 0 Å². The third kappa shape index (κ3) is 3.63. The number of hydrogen-bond acceptors (Lipinski definition) is 4. The first-order valence-corrected chi connectivity index (χ1v) is 14.6. The van der Waals surface area contributed by atoms with Crippen molar-refractivity contribution in [2.75, 3.05) is 26.2 Å². The molecule has 6 fully saturated rings. The molecule has 0 bridgehead atoms. The van der Waals surface area contributed by atoms with E-state index in [1.165, 1.54) is 103 Å². The third-order valence-electron chi connectivity index (χ3n) is 12.1. The maximum atomic E-state index is 12.2. The maximum absolute atomic E-state index is 12.2. The predicted molar refractivity (Wildman–Crippen MR) is 132 cm³/mol. The summed E-state index contributed by atoms with van der Waals surface area (Å²) < 4.78 is 6.22. The number of esters is 1. The van der Waals surface area contributed by atoms with Crippen LogP contribution in [0.1, 0.15) is 97.8 Å². The van der Waals surface area contributed by atoms with E-state index in [1.54, 1.807) is 6.92 Å². The highest BCUT2D eigenvalue weighted by molar-refractivity contribution is 5.66. The monoisotopic (exact) mass is 456 g/mol. The van der Waals surface area contributed by atoms with Crippen molar-refractivity contribution in [2.45, 2.75) is 116 Å². The summed E-state index contributed by atoms with van der Waals surface area (Å²) in [4.78, 5) is 17.8. The molecule has 0 radical (unpaired) electrons. The van der Waals surface area contributed by atoms with Crippen molar-refractivity contribution in [1.29, 1.82) is 0 Å². The van der Waals surface area contributed by atoms with E-state index in [2.05, 4.69) is 23.6 Å². The quantitative estimate of drug-likeness (QED) is 0.525. The molecule has 4 heteroatoms. The Morgan fingerprint density at radius 3 is 2.18 bits per heavy atom. The van der Waals surface area contributed by atoms with Gasteiger partial charge in [0, 0.05) is 24.4 Å². The number of hydrogen-bond donors (Lipinski definition) is 0. The largest absolute Gasteiger partial charge is 0.460 e. The smallest absolute Gasteiger partial charge is 0.302 e. The van der Waals surface area contributed by atoms with Gasteiger partial charge in [0.1, 0.15) is 6.10 Å². The van der Waals surface area contributed by atoms with Crippen molar-refractivity contribution in [1.82, 2.24) is 9.80 Å². The Bertz CT molecular complexity index is 744. The van der Waals surface area contributed by atoms with Crippen molar-refractivity contribution >= 4 is 5.97 Å². The second kappa shape index (κ2) is 8.50. The molecule has 9 atom stereocenters. The Hall–Kier alpha value is -0.610. The molecule has 4 nitrogen and oxygen atoms in total. The summed E-state index contributed by atoms with van der Waals surface area (Å²) in [7, 11) is 0. The fraction of sp³-hybridized carbons (Fsp3) is 0.966. The zero-order valence-electron chi connectivity index (χ0n) is 21.6. The molecule has 9 unspecified atom stereocenters. The van der Waals surface area contributed by atoms with Gasteiger partial charge >= 0.3 is 5.97 Å². The lowest BCUT2D eigenvalue weighted by molar-refractivity contribution is -0.166. The molecule has 0 aromatic heterocycles. The maximum Gasteiger partial charge on any atom is 0.302 e. The van der Waals surface area contributed by atoms with Crippen LogP contribution >= 0.6 is 0 Å². The molecule has 0 N–H and O–H groups in total. The van der Waals surface area contributed by atoms with Gasteiger partial charge in [0.25, 0.3) is 0 Å². The summed E-state index contributed by atoms with van der Waals surface area (Å²) >= 11 is 0. The minimum absolute atomic E-state index is 0.0652. The minimum Gasteiger partial charge on any atom is -0.460 e. The van der Waals surface area contributed by atoms with Gasteiger partial charge in [0.2, 0.25) is 0 Å². The number of rotatable bonds is 3.